The van der Waals surface area contributed by atoms with E-state index in [0.29, 0.717) is 15.7 Å². The molecule has 9 heteroatoms. The third-order valence-corrected chi connectivity index (χ3v) is 5.34. The van der Waals surface area contributed by atoms with Crippen LogP contribution in [0.15, 0.2) is 60.7 Å². The Labute approximate surface area is 195 Å². The quantitative estimate of drug-likeness (QED) is 0.225. The topological polar surface area (TPSA) is 122 Å². The minimum absolute atomic E-state index is 0.164. The van der Waals surface area contributed by atoms with Crippen molar-refractivity contribution < 1.29 is 14.7 Å². The first-order valence-corrected chi connectivity index (χ1v) is 10.4. The van der Waals surface area contributed by atoms with Gasteiger partial charge < -0.3 is 21.2 Å². The molecule has 3 rings (SSSR count). The monoisotopic (exact) mass is 472 g/mol. The van der Waals surface area contributed by atoms with Crippen molar-refractivity contribution in [2.75, 3.05) is 10.7 Å². The van der Waals surface area contributed by atoms with Crippen molar-refractivity contribution in [3.8, 4) is 0 Å². The Balaban J connectivity index is 1.86. The summed E-state index contributed by atoms with van der Waals surface area (Å²) in [6.07, 6.45) is 0. The number of anilines is 2. The SMILES string of the molecule is C[C@H](NC(=O)c1cc(Cl)cc(N)c1N(N)Cc1cccc(Cl)c1)c1ccc(C(=O)O)cc1. The number of aromatic carboxylic acids is 1. The molecule has 0 bridgehead atoms. The summed E-state index contributed by atoms with van der Waals surface area (Å²) in [7, 11) is 0. The normalized spacial score (nSPS) is 11.6. The van der Waals surface area contributed by atoms with Crippen LogP contribution in [0.25, 0.3) is 0 Å². The molecule has 0 aliphatic rings. The number of rotatable bonds is 7. The van der Waals surface area contributed by atoms with E-state index in [4.69, 9.17) is 39.9 Å². The fraction of sp³-hybridized carbons (Fsp3) is 0.130. The Hall–Kier alpha value is -3.26. The van der Waals surface area contributed by atoms with Gasteiger partial charge in [-0.3, -0.25) is 4.79 Å². The molecule has 1 amide bonds. The van der Waals surface area contributed by atoms with E-state index in [0.717, 1.165) is 11.1 Å². The second kappa shape index (κ2) is 9.91. The first kappa shape index (κ1) is 23.4. The summed E-state index contributed by atoms with van der Waals surface area (Å²) in [5.74, 6) is 4.84. The number of amides is 1. The molecule has 32 heavy (non-hydrogen) atoms. The predicted octanol–water partition coefficient (Wildman–Crippen LogP) is 4.65. The Morgan fingerprint density at radius 1 is 1.06 bits per heavy atom. The lowest BCUT2D eigenvalue weighted by atomic mass is 10.0. The van der Waals surface area contributed by atoms with Crippen molar-refractivity contribution in [3.05, 3.63) is 93.0 Å². The van der Waals surface area contributed by atoms with E-state index in [1.165, 1.54) is 29.3 Å². The second-order valence-corrected chi connectivity index (χ2v) is 8.14. The molecular weight excluding hydrogens is 451 g/mol. The fourth-order valence-electron chi connectivity index (χ4n) is 3.30. The molecule has 166 valence electrons. The molecule has 0 aromatic heterocycles. The van der Waals surface area contributed by atoms with Crippen LogP contribution in [0, 0.1) is 0 Å². The van der Waals surface area contributed by atoms with Crippen molar-refractivity contribution in [2.45, 2.75) is 19.5 Å². The number of nitrogens with zero attached hydrogens (tertiary/aromatic N) is 1. The maximum atomic E-state index is 13.1. The highest BCUT2D eigenvalue weighted by atomic mass is 35.5. The van der Waals surface area contributed by atoms with Crippen LogP contribution in [0.5, 0.6) is 0 Å². The number of halogens is 2. The summed E-state index contributed by atoms with van der Waals surface area (Å²) >= 11 is 12.2. The van der Waals surface area contributed by atoms with Gasteiger partial charge in [0.15, 0.2) is 0 Å². The van der Waals surface area contributed by atoms with Gasteiger partial charge in [0.2, 0.25) is 0 Å². The lowest BCUT2D eigenvalue weighted by Crippen LogP contribution is -2.35. The van der Waals surface area contributed by atoms with Crippen LogP contribution >= 0.6 is 23.2 Å². The summed E-state index contributed by atoms with van der Waals surface area (Å²) in [4.78, 5) is 24.2. The van der Waals surface area contributed by atoms with E-state index in [2.05, 4.69) is 5.32 Å². The number of hydrogen-bond acceptors (Lipinski definition) is 5. The highest BCUT2D eigenvalue weighted by Crippen LogP contribution is 2.32. The Morgan fingerprint density at radius 2 is 1.75 bits per heavy atom. The predicted molar refractivity (Wildman–Crippen MR) is 127 cm³/mol. The summed E-state index contributed by atoms with van der Waals surface area (Å²) in [5, 5.41) is 14.2. The molecule has 3 aromatic carbocycles. The largest absolute Gasteiger partial charge is 0.478 e. The number of nitrogens with one attached hydrogen (secondary N) is 1. The number of carboxylic acids is 1. The molecule has 6 N–H and O–H groups in total. The molecule has 0 fully saturated rings. The minimum atomic E-state index is -1.02. The molecule has 0 radical (unpaired) electrons. The highest BCUT2D eigenvalue weighted by molar-refractivity contribution is 6.31. The smallest absolute Gasteiger partial charge is 0.335 e. The fourth-order valence-corrected chi connectivity index (χ4v) is 3.74. The van der Waals surface area contributed by atoms with Gasteiger partial charge in [-0.25, -0.2) is 10.6 Å². The van der Waals surface area contributed by atoms with Crippen LogP contribution in [-0.4, -0.2) is 17.0 Å². The average molecular weight is 473 g/mol. The summed E-state index contributed by atoms with van der Waals surface area (Å²) in [5.41, 5.74) is 8.71. The number of carboxylic acid groups (broad SMARTS) is 1. The number of hydrogen-bond donors (Lipinski definition) is 4. The molecule has 0 aliphatic carbocycles. The van der Waals surface area contributed by atoms with Crippen LogP contribution in [-0.2, 0) is 6.54 Å². The molecule has 0 spiro atoms. The van der Waals surface area contributed by atoms with Crippen molar-refractivity contribution >= 4 is 46.5 Å². The molecule has 0 saturated heterocycles. The van der Waals surface area contributed by atoms with E-state index >= 15 is 0 Å². The van der Waals surface area contributed by atoms with Crippen molar-refractivity contribution in [2.24, 2.45) is 5.84 Å². The molecule has 0 saturated carbocycles. The molecule has 3 aromatic rings. The lowest BCUT2D eigenvalue weighted by Gasteiger charge is -2.25. The molecule has 0 aliphatic heterocycles. The van der Waals surface area contributed by atoms with E-state index in [-0.39, 0.29) is 23.4 Å². The zero-order valence-corrected chi connectivity index (χ0v) is 18.7. The first-order valence-electron chi connectivity index (χ1n) is 9.65. The van der Waals surface area contributed by atoms with Gasteiger partial charge in [0.25, 0.3) is 5.91 Å². The van der Waals surface area contributed by atoms with Crippen LogP contribution in [0.2, 0.25) is 10.0 Å². The minimum Gasteiger partial charge on any atom is -0.478 e. The van der Waals surface area contributed by atoms with Crippen LogP contribution in [0.1, 0.15) is 44.8 Å². The highest BCUT2D eigenvalue weighted by Gasteiger charge is 2.21. The number of carbonyl (C=O) groups is 2. The Morgan fingerprint density at radius 3 is 2.38 bits per heavy atom. The van der Waals surface area contributed by atoms with Crippen molar-refractivity contribution in [3.63, 3.8) is 0 Å². The third-order valence-electron chi connectivity index (χ3n) is 4.88. The van der Waals surface area contributed by atoms with Gasteiger partial charge in [0.1, 0.15) is 0 Å². The third kappa shape index (κ3) is 5.50. The summed E-state index contributed by atoms with van der Waals surface area (Å²) in [6, 6.07) is 16.1. The van der Waals surface area contributed by atoms with Crippen LogP contribution < -0.4 is 21.9 Å². The molecule has 1 atom stereocenters. The van der Waals surface area contributed by atoms with Gasteiger partial charge in [0, 0.05) is 10.0 Å². The van der Waals surface area contributed by atoms with E-state index in [9.17, 15) is 9.59 Å². The van der Waals surface area contributed by atoms with Gasteiger partial charge in [-0.1, -0.05) is 47.5 Å². The molecular formula is C23H22Cl2N4O3. The van der Waals surface area contributed by atoms with E-state index in [1.54, 1.807) is 31.2 Å². The van der Waals surface area contributed by atoms with Crippen molar-refractivity contribution in [1.82, 2.24) is 5.32 Å². The van der Waals surface area contributed by atoms with Crippen LogP contribution in [0.4, 0.5) is 11.4 Å². The number of benzene rings is 3. The zero-order valence-electron chi connectivity index (χ0n) is 17.2. The summed E-state index contributed by atoms with van der Waals surface area (Å²) in [6.45, 7) is 2.05. The van der Waals surface area contributed by atoms with Crippen molar-refractivity contribution in [1.29, 1.82) is 0 Å². The summed E-state index contributed by atoms with van der Waals surface area (Å²) < 4.78 is 0. The zero-order chi connectivity index (χ0) is 23.4. The maximum absolute atomic E-state index is 13.1. The average Bonchev–Trinajstić information content (AvgIpc) is 2.73. The number of carbonyl (C=O) groups excluding carboxylic acids is 1. The van der Waals surface area contributed by atoms with Gasteiger partial charge in [0.05, 0.1) is 35.1 Å². The second-order valence-electron chi connectivity index (χ2n) is 7.27. The van der Waals surface area contributed by atoms with Gasteiger partial charge in [-0.15, -0.1) is 0 Å². The number of nitrogen functional groups attached to an aromatic ring is 1. The lowest BCUT2D eigenvalue weighted by molar-refractivity contribution is 0.0696. The first-order chi connectivity index (χ1) is 15.2. The van der Waals surface area contributed by atoms with Crippen LogP contribution in [0.3, 0.4) is 0 Å². The Bertz CT molecular complexity index is 1150. The van der Waals surface area contributed by atoms with Gasteiger partial charge >= 0.3 is 5.97 Å². The molecule has 0 unspecified atom stereocenters. The number of hydrazine groups is 1. The van der Waals surface area contributed by atoms with Gasteiger partial charge in [-0.2, -0.15) is 0 Å². The van der Waals surface area contributed by atoms with E-state index < -0.39 is 17.9 Å². The maximum Gasteiger partial charge on any atom is 0.335 e. The molecule has 7 nitrogen and oxygen atoms in total. The van der Waals surface area contributed by atoms with Gasteiger partial charge in [-0.05, 0) is 54.4 Å². The standard InChI is InChI=1S/C23H22Cl2N4O3/c1-13(15-5-7-16(8-6-15)23(31)32)28-22(30)19-10-18(25)11-20(26)21(19)29(27)12-14-3-2-4-17(24)9-14/h2-11,13H,12,26-27H2,1H3,(H,28,30)(H,31,32)/t13-/m0/s1. The number of nitrogens with two attached hydrogens (primary N) is 2. The Kier molecular flexibility index (Phi) is 7.25. The molecule has 0 heterocycles. The van der Waals surface area contributed by atoms with E-state index in [1.807, 2.05) is 12.1 Å².